The summed E-state index contributed by atoms with van der Waals surface area (Å²) in [7, 11) is 2.11. The highest BCUT2D eigenvalue weighted by atomic mass is 16.3. The molecule has 0 saturated heterocycles. The van der Waals surface area contributed by atoms with Crippen LogP contribution in [0.4, 0.5) is 5.95 Å². The molecule has 0 bridgehead atoms. The topological polar surface area (TPSA) is 38.1 Å². The highest BCUT2D eigenvalue weighted by Gasteiger charge is 2.33. The van der Waals surface area contributed by atoms with Gasteiger partial charge in [0.15, 0.2) is 5.42 Å². The zero-order valence-electron chi connectivity index (χ0n) is 20.6. The number of benzene rings is 1. The molecule has 4 aromatic rings. The van der Waals surface area contributed by atoms with Gasteiger partial charge in [0, 0.05) is 16.3 Å². The first-order valence-corrected chi connectivity index (χ1v) is 11.8. The number of hydrogen-bond acceptors (Lipinski definition) is 3. The Hall–Kier alpha value is -3.28. The minimum absolute atomic E-state index is 0.160. The van der Waals surface area contributed by atoms with Crippen LogP contribution in [0.15, 0.2) is 47.1 Å². The maximum Gasteiger partial charge on any atom is 0.367 e. The molecule has 0 atom stereocenters. The van der Waals surface area contributed by atoms with E-state index in [-0.39, 0.29) is 6.85 Å². The molecule has 0 saturated carbocycles. The Bertz CT molecular complexity index is 1450. The van der Waals surface area contributed by atoms with E-state index in [9.17, 15) is 0 Å². The van der Waals surface area contributed by atoms with Crippen LogP contribution >= 0.6 is 0 Å². The van der Waals surface area contributed by atoms with Crippen LogP contribution in [0, 0.1) is 6.92 Å². The number of rotatable bonds is 4. The van der Waals surface area contributed by atoms with E-state index in [1.54, 1.807) is 0 Å². The van der Waals surface area contributed by atoms with E-state index >= 15 is 0 Å². The van der Waals surface area contributed by atoms with Crippen LogP contribution in [-0.2, 0) is 7.05 Å². The molecule has 1 aromatic carbocycles. The Morgan fingerprint density at radius 1 is 1.03 bits per heavy atom. The number of para-hydroxylation sites is 1. The number of anilines is 1. The van der Waals surface area contributed by atoms with Crippen molar-refractivity contribution in [3.05, 3.63) is 70.2 Å². The number of hydrogen-bond donors (Lipinski definition) is 0. The van der Waals surface area contributed by atoms with Crippen LogP contribution in [0.25, 0.3) is 29.0 Å². The van der Waals surface area contributed by atoms with Crippen LogP contribution in [0.2, 0.25) is 6.82 Å². The SMILES string of the molecule is CB1C=c2c(oc3nc(C)ccc23)=CN1c1n(-c2c(C(C)C)cccc2C(C)C)cc[n+]1C. The molecule has 5 rings (SSSR count). The van der Waals surface area contributed by atoms with Gasteiger partial charge in [-0.25, -0.2) is 14.1 Å². The van der Waals surface area contributed by atoms with Gasteiger partial charge >= 0.3 is 12.8 Å². The fraction of sp³-hybridized carbons (Fsp3) is 0.333. The molecule has 0 amide bonds. The molecule has 4 heterocycles. The lowest BCUT2D eigenvalue weighted by molar-refractivity contribution is -0.656. The second-order valence-corrected chi connectivity index (χ2v) is 9.80. The molecule has 168 valence electrons. The van der Waals surface area contributed by atoms with E-state index in [2.05, 4.69) is 109 Å². The standard InChI is InChI=1S/C27H32BN4O/c1-17(2)20-9-8-10-21(18(3)4)25(20)31-14-13-30(7)27(31)32-16-24-23(15-28(32)6)22-12-11-19(5)29-26(22)33-24/h8-18H,1-7H3/q+1. The van der Waals surface area contributed by atoms with Gasteiger partial charge in [-0.1, -0.05) is 51.9 Å². The summed E-state index contributed by atoms with van der Waals surface area (Å²) in [6.45, 7) is 13.5. The van der Waals surface area contributed by atoms with Gasteiger partial charge in [-0.15, -0.1) is 0 Å². The molecule has 0 fully saturated rings. The number of nitrogens with zero attached hydrogens (tertiary/aromatic N) is 4. The number of imidazole rings is 1. The molecule has 0 N–H and O–H groups in total. The Balaban J connectivity index is 1.74. The average Bonchev–Trinajstić information content (AvgIpc) is 3.31. The van der Waals surface area contributed by atoms with Gasteiger partial charge in [-0.2, -0.15) is 0 Å². The largest absolute Gasteiger partial charge is 0.435 e. The molecular formula is C27H32BN4O+. The van der Waals surface area contributed by atoms with Crippen molar-refractivity contribution in [3.8, 4) is 5.69 Å². The van der Waals surface area contributed by atoms with E-state index in [0.717, 1.165) is 27.7 Å². The maximum absolute atomic E-state index is 6.20. The van der Waals surface area contributed by atoms with E-state index in [0.29, 0.717) is 17.5 Å². The molecule has 5 nitrogen and oxygen atoms in total. The number of pyridine rings is 1. The first-order valence-electron chi connectivity index (χ1n) is 11.8. The minimum atomic E-state index is 0.160. The van der Waals surface area contributed by atoms with Crippen LogP contribution in [0.5, 0.6) is 0 Å². The van der Waals surface area contributed by atoms with Crippen molar-refractivity contribution in [2.24, 2.45) is 7.05 Å². The lowest BCUT2D eigenvalue weighted by Crippen LogP contribution is -2.47. The smallest absolute Gasteiger partial charge is 0.367 e. The van der Waals surface area contributed by atoms with Crippen molar-refractivity contribution < 1.29 is 8.98 Å². The Morgan fingerprint density at radius 3 is 2.39 bits per heavy atom. The molecular weight excluding hydrogens is 407 g/mol. The lowest BCUT2D eigenvalue weighted by Gasteiger charge is -2.23. The van der Waals surface area contributed by atoms with E-state index < -0.39 is 0 Å². The molecule has 0 spiro atoms. The summed E-state index contributed by atoms with van der Waals surface area (Å²) in [5, 5.41) is 2.21. The third kappa shape index (κ3) is 3.49. The lowest BCUT2D eigenvalue weighted by atomic mass is 9.62. The van der Waals surface area contributed by atoms with Crippen molar-refractivity contribution >= 4 is 36.1 Å². The van der Waals surface area contributed by atoms with Gasteiger partial charge in [-0.05, 0) is 48.8 Å². The zero-order chi connectivity index (χ0) is 23.4. The summed E-state index contributed by atoms with van der Waals surface area (Å²) in [6, 6.07) is 10.9. The first kappa shape index (κ1) is 21.6. The molecule has 1 aliphatic heterocycles. The highest BCUT2D eigenvalue weighted by Crippen LogP contribution is 2.33. The summed E-state index contributed by atoms with van der Waals surface area (Å²) >= 11 is 0. The molecule has 0 radical (unpaired) electrons. The molecule has 6 heteroatoms. The van der Waals surface area contributed by atoms with Gasteiger partial charge in [0.1, 0.15) is 11.9 Å². The average molecular weight is 439 g/mol. The Labute approximate surface area is 195 Å². The number of aromatic nitrogens is 3. The van der Waals surface area contributed by atoms with Gasteiger partial charge < -0.3 is 4.42 Å². The Morgan fingerprint density at radius 2 is 1.73 bits per heavy atom. The van der Waals surface area contributed by atoms with Crippen molar-refractivity contribution in [2.45, 2.75) is 53.3 Å². The number of aryl methyl sites for hydroxylation is 2. The summed E-state index contributed by atoms with van der Waals surface area (Å²) in [5.41, 5.74) is 6.52. The van der Waals surface area contributed by atoms with Gasteiger partial charge in [0.25, 0.3) is 0 Å². The fourth-order valence-electron chi connectivity index (χ4n) is 4.92. The van der Waals surface area contributed by atoms with Crippen molar-refractivity contribution in [2.75, 3.05) is 4.81 Å². The molecule has 0 unspecified atom stereocenters. The maximum atomic E-state index is 6.20. The molecule has 0 aliphatic carbocycles. The summed E-state index contributed by atoms with van der Waals surface area (Å²) in [5.74, 6) is 4.23. The van der Waals surface area contributed by atoms with E-state index in [1.807, 2.05) is 13.0 Å². The highest BCUT2D eigenvalue weighted by molar-refractivity contribution is 6.77. The van der Waals surface area contributed by atoms with Gasteiger partial charge in [-0.3, -0.25) is 4.81 Å². The van der Waals surface area contributed by atoms with Crippen molar-refractivity contribution in [1.82, 2.24) is 9.55 Å². The second kappa shape index (κ2) is 7.94. The quantitative estimate of drug-likeness (QED) is 0.354. The van der Waals surface area contributed by atoms with Gasteiger partial charge in [0.2, 0.25) is 5.71 Å². The van der Waals surface area contributed by atoms with Crippen LogP contribution < -0.4 is 20.0 Å². The predicted molar refractivity (Wildman–Crippen MR) is 136 cm³/mol. The van der Waals surface area contributed by atoms with Crippen LogP contribution in [0.3, 0.4) is 0 Å². The first-order chi connectivity index (χ1) is 15.8. The van der Waals surface area contributed by atoms with Crippen LogP contribution in [-0.4, -0.2) is 16.4 Å². The Kier molecular flexibility index (Phi) is 5.19. The van der Waals surface area contributed by atoms with E-state index in [4.69, 9.17) is 4.42 Å². The number of furan rings is 1. The predicted octanol–water partition coefficient (Wildman–Crippen LogP) is 4.20. The summed E-state index contributed by atoms with van der Waals surface area (Å²) in [6.07, 6.45) is 6.45. The normalized spacial score (nSPS) is 13.6. The zero-order valence-corrected chi connectivity index (χ0v) is 20.6. The van der Waals surface area contributed by atoms with Crippen molar-refractivity contribution in [1.29, 1.82) is 0 Å². The number of fused-ring (bicyclic) bond motifs is 3. The molecule has 1 aliphatic rings. The molecule has 3 aromatic heterocycles. The van der Waals surface area contributed by atoms with Gasteiger partial charge in [0.05, 0.1) is 19.4 Å². The summed E-state index contributed by atoms with van der Waals surface area (Å²) in [4.78, 5) is 6.91. The third-order valence-electron chi connectivity index (χ3n) is 6.65. The second-order valence-electron chi connectivity index (χ2n) is 9.80. The monoisotopic (exact) mass is 439 g/mol. The van der Waals surface area contributed by atoms with Crippen LogP contribution in [0.1, 0.15) is 56.4 Å². The summed E-state index contributed by atoms with van der Waals surface area (Å²) < 4.78 is 10.7. The van der Waals surface area contributed by atoms with Crippen molar-refractivity contribution in [3.63, 3.8) is 0 Å². The molecule has 33 heavy (non-hydrogen) atoms. The van der Waals surface area contributed by atoms with E-state index in [1.165, 1.54) is 16.8 Å². The fourth-order valence-corrected chi connectivity index (χ4v) is 4.92. The third-order valence-corrected chi connectivity index (χ3v) is 6.65. The minimum Gasteiger partial charge on any atom is -0.435 e.